The first kappa shape index (κ1) is 15.4. The second-order valence-corrected chi connectivity index (χ2v) is 4.52. The normalized spacial score (nSPS) is 13.7. The zero-order chi connectivity index (χ0) is 14.5. The summed E-state index contributed by atoms with van der Waals surface area (Å²) in [6.45, 7) is 8.03. The number of carbonyl (C=O) groups is 1. The van der Waals surface area contributed by atoms with E-state index in [4.69, 9.17) is 9.47 Å². The van der Waals surface area contributed by atoms with Gasteiger partial charge in [-0.2, -0.15) is 0 Å². The fraction of sp³-hybridized carbons (Fsp3) is 0.571. The maximum absolute atomic E-state index is 12.1. The summed E-state index contributed by atoms with van der Waals surface area (Å²) in [5.74, 6) is 0.411. The molecule has 0 fully saturated rings. The van der Waals surface area contributed by atoms with Crippen LogP contribution in [0, 0.1) is 6.92 Å². The molecule has 0 spiro atoms. The van der Waals surface area contributed by atoms with Crippen molar-refractivity contribution in [2.45, 2.75) is 39.7 Å². The van der Waals surface area contributed by atoms with Gasteiger partial charge in [-0.3, -0.25) is 4.79 Å². The smallest absolute Gasteiger partial charge is 0.256 e. The molecule has 0 aromatic carbocycles. The highest BCUT2D eigenvalue weighted by Gasteiger charge is 2.31. The molecule has 19 heavy (non-hydrogen) atoms. The van der Waals surface area contributed by atoms with Crippen LogP contribution in [0.3, 0.4) is 0 Å². The van der Waals surface area contributed by atoms with Gasteiger partial charge in [-0.1, -0.05) is 6.92 Å². The van der Waals surface area contributed by atoms with E-state index in [2.05, 4.69) is 10.3 Å². The maximum Gasteiger partial charge on any atom is 0.256 e. The second-order valence-electron chi connectivity index (χ2n) is 4.52. The van der Waals surface area contributed by atoms with E-state index in [1.807, 2.05) is 26.8 Å². The van der Waals surface area contributed by atoms with Crippen molar-refractivity contribution >= 4 is 11.6 Å². The number of nitrogens with zero attached hydrogens (tertiary/aromatic N) is 1. The molecule has 1 aromatic heterocycles. The van der Waals surface area contributed by atoms with Crippen LogP contribution >= 0.6 is 0 Å². The van der Waals surface area contributed by atoms with Crippen LogP contribution in [0.4, 0.5) is 5.69 Å². The van der Waals surface area contributed by atoms with Gasteiger partial charge < -0.3 is 14.8 Å². The maximum atomic E-state index is 12.1. The van der Waals surface area contributed by atoms with Crippen molar-refractivity contribution < 1.29 is 14.3 Å². The first-order valence-corrected chi connectivity index (χ1v) is 6.42. The van der Waals surface area contributed by atoms with Crippen LogP contribution in [0.5, 0.6) is 5.88 Å². The molecule has 0 saturated carbocycles. The lowest BCUT2D eigenvalue weighted by atomic mass is 10.0. The molecule has 0 aliphatic heterocycles. The fourth-order valence-electron chi connectivity index (χ4n) is 1.58. The molecule has 0 bridgehead atoms. The third kappa shape index (κ3) is 3.67. The number of hydrogen-bond donors (Lipinski definition) is 1. The number of methoxy groups -OCH3 is 1. The minimum atomic E-state index is -0.827. The van der Waals surface area contributed by atoms with E-state index in [0.29, 0.717) is 24.6 Å². The van der Waals surface area contributed by atoms with Crippen LogP contribution in [0.15, 0.2) is 12.3 Å². The van der Waals surface area contributed by atoms with E-state index in [1.165, 1.54) is 7.11 Å². The molecule has 0 radical (unpaired) electrons. The SMILES string of the molecule is CCOc1ncc(NC(=O)[C@@](C)(CC)OC)cc1C. The molecular weight excluding hydrogens is 244 g/mol. The van der Waals surface area contributed by atoms with Gasteiger partial charge in [0.25, 0.3) is 5.91 Å². The lowest BCUT2D eigenvalue weighted by molar-refractivity contribution is -0.136. The Labute approximate surface area is 114 Å². The van der Waals surface area contributed by atoms with Crippen LogP contribution in [0.1, 0.15) is 32.8 Å². The molecule has 106 valence electrons. The summed E-state index contributed by atoms with van der Waals surface area (Å²) in [4.78, 5) is 16.3. The Morgan fingerprint density at radius 2 is 2.16 bits per heavy atom. The molecule has 5 nitrogen and oxygen atoms in total. The minimum Gasteiger partial charge on any atom is -0.478 e. The van der Waals surface area contributed by atoms with Gasteiger partial charge in [-0.05, 0) is 33.3 Å². The number of aromatic nitrogens is 1. The molecule has 1 amide bonds. The van der Waals surface area contributed by atoms with Crippen molar-refractivity contribution in [3.63, 3.8) is 0 Å². The summed E-state index contributed by atoms with van der Waals surface area (Å²) in [5.41, 5.74) is 0.699. The zero-order valence-corrected chi connectivity index (χ0v) is 12.2. The average Bonchev–Trinajstić information content (AvgIpc) is 2.41. The molecule has 0 saturated heterocycles. The highest BCUT2D eigenvalue weighted by molar-refractivity contribution is 5.96. The molecule has 1 aromatic rings. The molecule has 5 heteroatoms. The van der Waals surface area contributed by atoms with E-state index >= 15 is 0 Å². The zero-order valence-electron chi connectivity index (χ0n) is 12.2. The Morgan fingerprint density at radius 3 is 2.63 bits per heavy atom. The minimum absolute atomic E-state index is 0.178. The molecule has 0 unspecified atom stereocenters. The number of rotatable bonds is 6. The highest BCUT2D eigenvalue weighted by Crippen LogP contribution is 2.21. The molecule has 0 aliphatic rings. The number of hydrogen-bond acceptors (Lipinski definition) is 4. The van der Waals surface area contributed by atoms with E-state index in [0.717, 1.165) is 5.56 Å². The Bertz CT molecular complexity index is 442. The topological polar surface area (TPSA) is 60.5 Å². The van der Waals surface area contributed by atoms with Crippen molar-refractivity contribution in [1.82, 2.24) is 4.98 Å². The molecule has 1 rings (SSSR count). The summed E-state index contributed by atoms with van der Waals surface area (Å²) in [5, 5.41) is 2.81. The monoisotopic (exact) mass is 266 g/mol. The quantitative estimate of drug-likeness (QED) is 0.859. The summed E-state index contributed by atoms with van der Waals surface area (Å²) < 4.78 is 10.6. The predicted molar refractivity (Wildman–Crippen MR) is 74.5 cm³/mol. The lowest BCUT2D eigenvalue weighted by Crippen LogP contribution is -2.41. The Kier molecular flexibility index (Phi) is 5.30. The Balaban J connectivity index is 2.83. The Hall–Kier alpha value is -1.62. The van der Waals surface area contributed by atoms with E-state index < -0.39 is 5.60 Å². The van der Waals surface area contributed by atoms with Gasteiger partial charge in [-0.25, -0.2) is 4.98 Å². The van der Waals surface area contributed by atoms with Gasteiger partial charge in [-0.15, -0.1) is 0 Å². The van der Waals surface area contributed by atoms with Gasteiger partial charge in [0.1, 0.15) is 5.60 Å². The van der Waals surface area contributed by atoms with E-state index in [-0.39, 0.29) is 5.91 Å². The molecule has 1 atom stereocenters. The van der Waals surface area contributed by atoms with Crippen LogP contribution < -0.4 is 10.1 Å². The van der Waals surface area contributed by atoms with Crippen molar-refractivity contribution in [2.24, 2.45) is 0 Å². The average molecular weight is 266 g/mol. The highest BCUT2D eigenvalue weighted by atomic mass is 16.5. The van der Waals surface area contributed by atoms with Gasteiger partial charge in [0.2, 0.25) is 5.88 Å². The van der Waals surface area contributed by atoms with Crippen molar-refractivity contribution in [1.29, 1.82) is 0 Å². The van der Waals surface area contributed by atoms with Crippen molar-refractivity contribution in [3.05, 3.63) is 17.8 Å². The largest absolute Gasteiger partial charge is 0.478 e. The van der Waals surface area contributed by atoms with Crippen LogP contribution in [0.2, 0.25) is 0 Å². The summed E-state index contributed by atoms with van der Waals surface area (Å²) in [6, 6.07) is 1.83. The van der Waals surface area contributed by atoms with Crippen LogP contribution in [-0.4, -0.2) is 30.2 Å². The van der Waals surface area contributed by atoms with Gasteiger partial charge in [0, 0.05) is 12.7 Å². The third-order valence-electron chi connectivity index (χ3n) is 3.17. The van der Waals surface area contributed by atoms with E-state index in [1.54, 1.807) is 13.1 Å². The third-order valence-corrected chi connectivity index (χ3v) is 3.17. The molecule has 0 aliphatic carbocycles. The number of carbonyl (C=O) groups excluding carboxylic acids is 1. The first-order valence-electron chi connectivity index (χ1n) is 6.42. The van der Waals surface area contributed by atoms with Gasteiger partial charge >= 0.3 is 0 Å². The van der Waals surface area contributed by atoms with Crippen LogP contribution in [-0.2, 0) is 9.53 Å². The molecular formula is C14H22N2O3. The Morgan fingerprint density at radius 1 is 1.47 bits per heavy atom. The number of amides is 1. The summed E-state index contributed by atoms with van der Waals surface area (Å²) >= 11 is 0. The van der Waals surface area contributed by atoms with Crippen molar-refractivity contribution in [2.75, 3.05) is 19.0 Å². The van der Waals surface area contributed by atoms with Crippen molar-refractivity contribution in [3.8, 4) is 5.88 Å². The lowest BCUT2D eigenvalue weighted by Gasteiger charge is -2.25. The standard InChI is InChI=1S/C14H22N2O3/c1-6-14(4,18-5)13(17)16-11-8-10(3)12(15-9-11)19-7-2/h8-9H,6-7H2,1-5H3,(H,16,17)/t14-/m1/s1. The van der Waals surface area contributed by atoms with Gasteiger partial charge in [0.05, 0.1) is 18.5 Å². The molecule has 1 heterocycles. The van der Waals surface area contributed by atoms with Gasteiger partial charge in [0.15, 0.2) is 0 Å². The number of anilines is 1. The summed E-state index contributed by atoms with van der Waals surface area (Å²) in [6.07, 6.45) is 2.18. The number of ether oxygens (including phenoxy) is 2. The number of aryl methyl sites for hydroxylation is 1. The summed E-state index contributed by atoms with van der Waals surface area (Å²) in [7, 11) is 1.53. The molecule has 1 N–H and O–H groups in total. The van der Waals surface area contributed by atoms with Crippen LogP contribution in [0.25, 0.3) is 0 Å². The fourth-order valence-corrected chi connectivity index (χ4v) is 1.58. The first-order chi connectivity index (χ1) is 8.96. The number of nitrogens with one attached hydrogen (secondary N) is 1. The number of pyridine rings is 1. The predicted octanol–water partition coefficient (Wildman–Crippen LogP) is 2.54. The van der Waals surface area contributed by atoms with E-state index in [9.17, 15) is 4.79 Å². The second kappa shape index (κ2) is 6.52.